The summed E-state index contributed by atoms with van der Waals surface area (Å²) < 4.78 is 22.6. The second-order valence-electron chi connectivity index (χ2n) is 42.9. The number of imide groups is 2. The molecule has 2 aliphatic heterocycles. The third-order valence-corrected chi connectivity index (χ3v) is 37.3. The number of aldehydes is 2. The predicted octanol–water partition coefficient (Wildman–Crippen LogP) is 25.2. The molecule has 11 aliphatic carbocycles. The second-order valence-corrected chi connectivity index (χ2v) is 47.5. The Morgan fingerprint density at radius 2 is 0.578 bits per heavy atom. The zero-order chi connectivity index (χ0) is 102. The standard InChI is InChI=1S/C52H38N2O4.C28H20O4.C12H28BP.2C12H13NO2.C8H13N.CH2Cl2.U/c55-49-45-21-39-17-35-13-31-5-7-33-15-37-19-41-23-47-48(52(58)54(51(47)57)26-44-12-28-2-4-30(44)10-28)24-42(41)20-38(37)16-34(33)8-6-32(31)14-36(35)18-40(39)22-46(45)50(56)53(49)25-43-11-27-1-3-29(43)9-27;1-31-27-13-23-9-19-5-3-17-7-21-11-25(15-29)26(16-30)12-22(21)8-18(17)4-6-20(19)10-24(23)14-28(27)32-2;1-4-7-10-14(13,11-8-5-2)12-9-6-3;2*14-11-3-4-12(15)13(11)7-10-6-8-1-2-9(10)5-8;9-5-8-4-6-1-2-7(8)3-6;2-1-3;/h1-8,13-24,27-30,43-44H,9-12,25-26H2;3-16H,1-2H3;14H,4-12H2,1-3H3;2*1-4,8-10H,5-7H2;1-2,6-8H,3-5,9H2;1H2;/b;5-3-,6-4-,17-3?,18-4?,19-5?,20-6?;;;;;;/i;;14D;;;;;. The maximum Gasteiger partial charge on any atom is 0 e. The summed E-state index contributed by atoms with van der Waals surface area (Å²) in [6.07, 6.45) is 59.9. The molecule has 2 N–H and O–H groups in total. The van der Waals surface area contributed by atoms with Crippen molar-refractivity contribution in [1.29, 1.82) is 1.28 Å². The SMILES string of the molecule is COc1cc2cc3c(cc2cc1OC)/C=C\c1cc2cc(C=O)c(C=O)cc2cc1/C=C\3.ClCCl.NCC1CC2C=CC1C2.O=C1C=CC(=O)N1CC1CC2C=CC1C2.O=C1C=CC(=O)N1CC1CC2C=CC1C2.O=c1c2cc3cc4cc5ccc6cc7cc8cc9c(=O)n(CC%10CC%11C=CC%10C%11)c(=O)c9cc8cc7cc6ccc5cc4cc3cc2c(=O)n1CC1CC2C=CC1C2.[2H]P([B])(CCCC)(CCCC)CCCC.[U]. The van der Waals surface area contributed by atoms with Crippen LogP contribution in [0.5, 0.6) is 11.5 Å². The van der Waals surface area contributed by atoms with Crippen molar-refractivity contribution in [2.75, 3.05) is 57.7 Å². The molecule has 15 unspecified atom stereocenters. The molecule has 2 radical (unpaired) electrons. The first-order valence-corrected chi connectivity index (χ1v) is 56.1. The molecule has 750 valence electrons. The number of alkyl halides is 2. The molecule has 13 aromatic rings. The maximum absolute atomic E-state index is 13.6. The van der Waals surface area contributed by atoms with Crippen molar-refractivity contribution in [3.63, 3.8) is 0 Å². The Morgan fingerprint density at radius 3 is 0.803 bits per heavy atom. The van der Waals surface area contributed by atoms with Crippen LogP contribution in [0.25, 0.3) is 132 Å². The summed E-state index contributed by atoms with van der Waals surface area (Å²) in [6.45, 7) is 9.68. The van der Waals surface area contributed by atoms with Gasteiger partial charge in [0.1, 0.15) is 0 Å². The number of carbonyl (C=O) groups excluding carboxylic acids is 6. The number of fused-ring (bicyclic) bond motifs is 22. The van der Waals surface area contributed by atoms with Crippen LogP contribution in [0.2, 0.25) is 0 Å². The number of rotatable bonds is 22. The molecular weight excluding hydrogens is 2110 g/mol. The molecule has 147 heavy (non-hydrogen) atoms. The summed E-state index contributed by atoms with van der Waals surface area (Å²) in [7, 11) is 7.23. The number of aromatic nitrogens is 2. The van der Waals surface area contributed by atoms with E-state index >= 15 is 0 Å². The second kappa shape index (κ2) is 45.1. The Kier molecular flexibility index (Phi) is 31.5. The van der Waals surface area contributed by atoms with E-state index in [2.05, 4.69) is 191 Å². The van der Waals surface area contributed by atoms with Crippen LogP contribution in [-0.2, 0) is 32.3 Å². The van der Waals surface area contributed by atoms with Crippen molar-refractivity contribution < 1.29 is 69.4 Å². The van der Waals surface area contributed by atoms with Gasteiger partial charge in [0, 0.05) is 92.7 Å². The first-order chi connectivity index (χ1) is 71.1. The van der Waals surface area contributed by atoms with Gasteiger partial charge in [0.25, 0.3) is 45.9 Å². The summed E-state index contributed by atoms with van der Waals surface area (Å²) in [4.78, 5) is 125. The first kappa shape index (κ1) is 103. The van der Waals surface area contributed by atoms with Crippen LogP contribution in [0.4, 0.5) is 0 Å². The van der Waals surface area contributed by atoms with E-state index in [9.17, 15) is 47.9 Å². The van der Waals surface area contributed by atoms with Gasteiger partial charge < -0.3 is 15.2 Å². The van der Waals surface area contributed by atoms with Crippen LogP contribution in [0.3, 0.4) is 0 Å². The number of hydrogen-bond acceptors (Lipinski definition) is 13. The molecule has 26 rings (SSSR count). The zero-order valence-corrected chi connectivity index (χ0v) is 90.9. The molecule has 22 heteroatoms. The third kappa shape index (κ3) is 21.9. The molecule has 5 saturated carbocycles. The monoisotopic (exact) mass is 2240 g/mol. The van der Waals surface area contributed by atoms with Crippen LogP contribution >= 0.6 is 30.3 Å². The van der Waals surface area contributed by atoms with Crippen molar-refractivity contribution in [3.05, 3.63) is 305 Å². The Balaban J connectivity index is 0.000000127. The van der Waals surface area contributed by atoms with E-state index in [-0.39, 0.29) is 82.3 Å². The number of nitrogens with two attached hydrogens (primary N) is 1. The van der Waals surface area contributed by atoms with Gasteiger partial charge in [0.2, 0.25) is 0 Å². The number of amides is 4. The van der Waals surface area contributed by atoms with Gasteiger partial charge in [-0.25, -0.2) is 0 Å². The zero-order valence-electron chi connectivity index (χ0n) is 85.3. The molecule has 13 aliphatic rings. The fourth-order valence-electron chi connectivity index (χ4n) is 25.7. The van der Waals surface area contributed by atoms with E-state index in [1.165, 1.54) is 88.2 Å². The molecule has 4 heterocycles. The number of unbranched alkanes of at least 4 members (excludes halogenated alkanes) is 3. The van der Waals surface area contributed by atoms with Crippen molar-refractivity contribution in [2.24, 2.45) is 94.5 Å². The van der Waals surface area contributed by atoms with Crippen LogP contribution < -0.4 is 37.4 Å². The first-order valence-electron chi connectivity index (χ1n) is 53.1. The van der Waals surface area contributed by atoms with Gasteiger partial charge in [0.05, 0.1) is 41.1 Å². The average molecular weight is 2240 g/mol. The maximum atomic E-state index is 13.6. The molecule has 10 bridgehead atoms. The number of benzene rings is 10. The summed E-state index contributed by atoms with van der Waals surface area (Å²) in [5.41, 5.74) is 9.99. The Hall–Kier alpha value is -11.5. The fourth-order valence-corrected chi connectivity index (χ4v) is 29.2. The van der Waals surface area contributed by atoms with Gasteiger partial charge in [-0.1, -0.05) is 109 Å². The summed E-state index contributed by atoms with van der Waals surface area (Å²) >= 11 is 9.53. The normalized spacial score (nSPS) is 24.4. The average Bonchev–Trinajstić information content (AvgIpc) is 1.61. The van der Waals surface area contributed by atoms with Crippen molar-refractivity contribution in [2.45, 2.75) is 137 Å². The number of allylic oxidation sites excluding steroid dienone is 10. The van der Waals surface area contributed by atoms with Gasteiger partial charge in [-0.15, -0.1) is 23.2 Å². The van der Waals surface area contributed by atoms with Gasteiger partial charge in [-0.2, -0.15) is 0 Å². The number of nitrogens with zero attached hydrogens (tertiary/aromatic N) is 4. The van der Waals surface area contributed by atoms with Gasteiger partial charge in [-0.05, 0) is 389 Å². The molecule has 5 fully saturated rings. The molecule has 4 amide bonds. The molecule has 11 aromatic carbocycles. The minimum Gasteiger partial charge on any atom is 0 e. The number of carbonyl (C=O) groups is 6. The van der Waals surface area contributed by atoms with E-state index < -0.39 is 7.09 Å². The summed E-state index contributed by atoms with van der Waals surface area (Å²) in [5, 5.41) is 18.7. The third-order valence-electron chi connectivity index (χ3n) is 33.7. The van der Waals surface area contributed by atoms with Gasteiger partial charge in [0.15, 0.2) is 24.1 Å². The van der Waals surface area contributed by atoms with Crippen molar-refractivity contribution in [1.82, 2.24) is 18.9 Å². The summed E-state index contributed by atoms with van der Waals surface area (Å²) in [6, 6.07) is 49.6. The van der Waals surface area contributed by atoms with E-state index in [1.807, 2.05) is 48.5 Å². The van der Waals surface area contributed by atoms with E-state index in [4.69, 9.17) is 47.3 Å². The largest absolute Gasteiger partial charge is 0 e. The number of hydrogen-bond donors (Lipinski definition) is 1. The summed E-state index contributed by atoms with van der Waals surface area (Å²) in [5.74, 6) is 9.76. The van der Waals surface area contributed by atoms with Crippen LogP contribution in [0, 0.1) is 120 Å². The van der Waals surface area contributed by atoms with E-state index in [0.717, 1.165) is 222 Å². The number of ether oxygens (including phenoxy) is 2. The number of methoxy groups -OCH3 is 2. The van der Waals surface area contributed by atoms with E-state index in [0.29, 0.717) is 141 Å². The Labute approximate surface area is 894 Å². The molecule has 15 atom stereocenters. The minimum absolute atomic E-state index is 0. The fraction of sp³-hybridized carbons (Fsp3) is 0.360. The molecule has 2 aromatic heterocycles. The Morgan fingerprint density at radius 1 is 0.340 bits per heavy atom. The molecule has 0 saturated heterocycles. The number of halogens is 2. The van der Waals surface area contributed by atoms with Gasteiger partial charge in [-0.3, -0.25) is 66.9 Å². The van der Waals surface area contributed by atoms with E-state index in [1.54, 1.807) is 26.4 Å². The quantitative estimate of drug-likeness (QED) is 0.0127. The van der Waals surface area contributed by atoms with Gasteiger partial charge >= 0.3 is 93.7 Å². The molecular formula is C125H127BCl2N5O12PU. The molecule has 0 spiro atoms. The topological polar surface area (TPSA) is 232 Å². The van der Waals surface area contributed by atoms with Crippen LogP contribution in [-0.4, -0.2) is 122 Å². The smallest absolute Gasteiger partial charge is 0 e. The van der Waals surface area contributed by atoms with Crippen molar-refractivity contribution >= 4 is 206 Å². The van der Waals surface area contributed by atoms with Crippen LogP contribution in [0.1, 0.15) is 166 Å². The Bertz CT molecular complexity index is 7390. The van der Waals surface area contributed by atoms with Crippen LogP contribution in [0.15, 0.2) is 250 Å². The minimum atomic E-state index is -2.53. The van der Waals surface area contributed by atoms with Crippen molar-refractivity contribution in [3.8, 4) is 11.5 Å². The molecule has 17 nitrogen and oxygen atoms in total. The predicted molar refractivity (Wildman–Crippen MR) is 603 cm³/mol.